The first-order chi connectivity index (χ1) is 7.58. The summed E-state index contributed by atoms with van der Waals surface area (Å²) in [5, 5.41) is 0. The first-order valence-corrected chi connectivity index (χ1v) is 5.08. The normalized spacial score (nSPS) is 11.0. The molecule has 0 saturated carbocycles. The van der Waals surface area contributed by atoms with Crippen LogP contribution < -0.4 is 5.73 Å². The lowest BCUT2D eigenvalue weighted by Gasteiger charge is -1.99. The lowest BCUT2D eigenvalue weighted by atomic mass is 10.1. The van der Waals surface area contributed by atoms with Gasteiger partial charge in [-0.2, -0.15) is 0 Å². The van der Waals surface area contributed by atoms with E-state index in [2.05, 4.69) is 4.98 Å². The van der Waals surface area contributed by atoms with Crippen LogP contribution in [0.5, 0.6) is 0 Å². The molecule has 2 aromatic rings. The Morgan fingerprint density at radius 1 is 1.38 bits per heavy atom. The molecular weight excluding hydrogens is 207 g/mol. The minimum absolute atomic E-state index is 0.117. The fourth-order valence-electron chi connectivity index (χ4n) is 1.39. The molecule has 0 bridgehead atoms. The average molecular weight is 220 g/mol. The second kappa shape index (κ2) is 3.96. The molecule has 2 N–H and O–H groups in total. The fourth-order valence-corrected chi connectivity index (χ4v) is 1.39. The van der Waals surface area contributed by atoms with E-state index >= 15 is 0 Å². The molecule has 0 aliphatic carbocycles. The van der Waals surface area contributed by atoms with Crippen LogP contribution in [0.15, 0.2) is 28.9 Å². The van der Waals surface area contributed by atoms with Gasteiger partial charge in [0.15, 0.2) is 5.89 Å². The van der Waals surface area contributed by atoms with E-state index < -0.39 is 5.82 Å². The zero-order chi connectivity index (χ0) is 11.7. The number of aromatic nitrogens is 1. The van der Waals surface area contributed by atoms with Crippen LogP contribution in [0.2, 0.25) is 0 Å². The molecular formula is C12H13FN2O. The third-order valence-corrected chi connectivity index (χ3v) is 2.31. The molecule has 0 amide bonds. The quantitative estimate of drug-likeness (QED) is 0.791. The van der Waals surface area contributed by atoms with Gasteiger partial charge < -0.3 is 10.2 Å². The fraction of sp³-hybridized carbons (Fsp3) is 0.250. The molecule has 84 valence electrons. The minimum atomic E-state index is -0.420. The summed E-state index contributed by atoms with van der Waals surface area (Å²) in [5.74, 6) is 0.473. The van der Waals surface area contributed by atoms with Crippen LogP contribution in [-0.2, 0) is 0 Å². The molecule has 0 radical (unpaired) electrons. The molecule has 0 fully saturated rings. The van der Waals surface area contributed by atoms with Crippen molar-refractivity contribution in [2.24, 2.45) is 0 Å². The predicted octanol–water partition coefficient (Wildman–Crippen LogP) is 3.19. The monoisotopic (exact) mass is 220 g/mol. The van der Waals surface area contributed by atoms with Gasteiger partial charge in [0.25, 0.3) is 0 Å². The molecule has 3 nitrogen and oxygen atoms in total. The van der Waals surface area contributed by atoms with Gasteiger partial charge in [-0.3, -0.25) is 0 Å². The number of hydrogen-bond acceptors (Lipinski definition) is 3. The van der Waals surface area contributed by atoms with Gasteiger partial charge in [-0.25, -0.2) is 9.37 Å². The molecule has 1 aromatic heterocycles. The van der Waals surface area contributed by atoms with E-state index in [-0.39, 0.29) is 11.6 Å². The van der Waals surface area contributed by atoms with Crippen LogP contribution in [0.4, 0.5) is 10.1 Å². The van der Waals surface area contributed by atoms with Crippen molar-refractivity contribution in [3.05, 3.63) is 36.2 Å². The van der Waals surface area contributed by atoms with Crippen molar-refractivity contribution in [3.63, 3.8) is 0 Å². The maximum Gasteiger partial charge on any atom is 0.197 e. The highest BCUT2D eigenvalue weighted by atomic mass is 19.1. The van der Waals surface area contributed by atoms with E-state index in [1.165, 1.54) is 6.07 Å². The summed E-state index contributed by atoms with van der Waals surface area (Å²) in [5.41, 5.74) is 7.04. The number of rotatable bonds is 2. The summed E-state index contributed by atoms with van der Waals surface area (Å²) in [7, 11) is 0. The van der Waals surface area contributed by atoms with Gasteiger partial charge in [-0.1, -0.05) is 13.8 Å². The standard InChI is InChI=1S/C12H13FN2O/c1-7(2)12-15-11(6-16-12)8-3-4-9(13)10(14)5-8/h3-7H,14H2,1-2H3. The summed E-state index contributed by atoms with van der Waals surface area (Å²) in [6, 6.07) is 4.51. The number of nitrogens with two attached hydrogens (primary N) is 1. The van der Waals surface area contributed by atoms with Gasteiger partial charge in [-0.15, -0.1) is 0 Å². The van der Waals surface area contributed by atoms with Crippen molar-refractivity contribution in [1.29, 1.82) is 0 Å². The van der Waals surface area contributed by atoms with Gasteiger partial charge in [0, 0.05) is 11.5 Å². The van der Waals surface area contributed by atoms with E-state index in [0.29, 0.717) is 11.6 Å². The Hall–Kier alpha value is -1.84. The third kappa shape index (κ3) is 1.91. The summed E-state index contributed by atoms with van der Waals surface area (Å²) < 4.78 is 18.3. The molecule has 1 aromatic carbocycles. The highest BCUT2D eigenvalue weighted by molar-refractivity contribution is 5.63. The molecule has 0 aliphatic rings. The van der Waals surface area contributed by atoms with E-state index in [1.807, 2.05) is 13.8 Å². The van der Waals surface area contributed by atoms with Gasteiger partial charge in [-0.05, 0) is 18.2 Å². The van der Waals surface area contributed by atoms with Crippen molar-refractivity contribution in [1.82, 2.24) is 4.98 Å². The lowest BCUT2D eigenvalue weighted by Crippen LogP contribution is -1.91. The first-order valence-electron chi connectivity index (χ1n) is 5.08. The highest BCUT2D eigenvalue weighted by Gasteiger charge is 2.10. The van der Waals surface area contributed by atoms with Crippen molar-refractivity contribution in [2.45, 2.75) is 19.8 Å². The maximum atomic E-state index is 13.0. The number of hydrogen-bond donors (Lipinski definition) is 1. The number of nitrogens with zero attached hydrogens (tertiary/aromatic N) is 1. The summed E-state index contributed by atoms with van der Waals surface area (Å²) in [4.78, 5) is 4.31. The second-order valence-corrected chi connectivity index (χ2v) is 3.96. The number of oxazole rings is 1. The highest BCUT2D eigenvalue weighted by Crippen LogP contribution is 2.24. The Morgan fingerprint density at radius 3 is 2.69 bits per heavy atom. The number of anilines is 1. The summed E-state index contributed by atoms with van der Waals surface area (Å²) >= 11 is 0. The Bertz CT molecular complexity index is 505. The van der Waals surface area contributed by atoms with Crippen molar-refractivity contribution < 1.29 is 8.81 Å². The van der Waals surface area contributed by atoms with E-state index in [1.54, 1.807) is 18.4 Å². The van der Waals surface area contributed by atoms with Crippen molar-refractivity contribution in [3.8, 4) is 11.3 Å². The Morgan fingerprint density at radius 2 is 2.12 bits per heavy atom. The van der Waals surface area contributed by atoms with Gasteiger partial charge >= 0.3 is 0 Å². The minimum Gasteiger partial charge on any atom is -0.448 e. The molecule has 0 spiro atoms. The SMILES string of the molecule is CC(C)c1nc(-c2ccc(F)c(N)c2)co1. The molecule has 0 aliphatic heterocycles. The molecule has 4 heteroatoms. The molecule has 0 unspecified atom stereocenters. The van der Waals surface area contributed by atoms with E-state index in [9.17, 15) is 4.39 Å². The zero-order valence-electron chi connectivity index (χ0n) is 9.20. The zero-order valence-corrected chi connectivity index (χ0v) is 9.20. The Balaban J connectivity index is 2.39. The molecule has 1 heterocycles. The average Bonchev–Trinajstić information content (AvgIpc) is 2.71. The number of halogens is 1. The number of nitrogen functional groups attached to an aromatic ring is 1. The van der Waals surface area contributed by atoms with Crippen LogP contribution >= 0.6 is 0 Å². The van der Waals surface area contributed by atoms with Gasteiger partial charge in [0.05, 0.1) is 5.69 Å². The van der Waals surface area contributed by atoms with Crippen LogP contribution in [0.3, 0.4) is 0 Å². The molecule has 0 saturated heterocycles. The van der Waals surface area contributed by atoms with Gasteiger partial charge in [0.1, 0.15) is 17.8 Å². The summed E-state index contributed by atoms with van der Waals surface area (Å²) in [6.07, 6.45) is 1.56. The molecule has 16 heavy (non-hydrogen) atoms. The van der Waals surface area contributed by atoms with Crippen LogP contribution in [0.1, 0.15) is 25.7 Å². The predicted molar refractivity (Wildman–Crippen MR) is 60.4 cm³/mol. The smallest absolute Gasteiger partial charge is 0.197 e. The van der Waals surface area contributed by atoms with E-state index in [4.69, 9.17) is 10.2 Å². The second-order valence-electron chi connectivity index (χ2n) is 3.96. The van der Waals surface area contributed by atoms with Crippen LogP contribution in [0, 0.1) is 5.82 Å². The third-order valence-electron chi connectivity index (χ3n) is 2.31. The van der Waals surface area contributed by atoms with E-state index in [0.717, 1.165) is 5.56 Å². The van der Waals surface area contributed by atoms with Crippen molar-refractivity contribution in [2.75, 3.05) is 5.73 Å². The lowest BCUT2D eigenvalue weighted by molar-refractivity contribution is 0.471. The molecule has 0 atom stereocenters. The van der Waals surface area contributed by atoms with Crippen LogP contribution in [0.25, 0.3) is 11.3 Å². The Kier molecular flexibility index (Phi) is 2.64. The summed E-state index contributed by atoms with van der Waals surface area (Å²) in [6.45, 7) is 3.99. The van der Waals surface area contributed by atoms with Crippen LogP contribution in [-0.4, -0.2) is 4.98 Å². The number of benzene rings is 1. The largest absolute Gasteiger partial charge is 0.448 e. The molecule has 2 rings (SSSR count). The van der Waals surface area contributed by atoms with Gasteiger partial charge in [0.2, 0.25) is 0 Å². The topological polar surface area (TPSA) is 52.0 Å². The maximum absolute atomic E-state index is 13.0. The Labute approximate surface area is 93.1 Å². The van der Waals surface area contributed by atoms with Crippen molar-refractivity contribution >= 4 is 5.69 Å². The first kappa shape index (κ1) is 10.7.